The molecule has 3 aromatic heterocycles. The Bertz CT molecular complexity index is 1830. The number of pyridine rings is 1. The molecule has 0 radical (unpaired) electrons. The Morgan fingerprint density at radius 3 is 2.38 bits per heavy atom. The molecule has 5 rings (SSSR count). The molecule has 48 heavy (non-hydrogen) atoms. The number of benzene rings is 2. The van der Waals surface area contributed by atoms with E-state index in [0.717, 1.165) is 41.0 Å². The van der Waals surface area contributed by atoms with Crippen LogP contribution in [0, 0.1) is 5.82 Å². The van der Waals surface area contributed by atoms with Crippen molar-refractivity contribution < 1.29 is 9.18 Å². The molecule has 0 bridgehead atoms. The van der Waals surface area contributed by atoms with Gasteiger partial charge in [0, 0.05) is 66.0 Å². The maximum atomic E-state index is 14.2. The average Bonchev–Trinajstić information content (AvgIpc) is 3.64. The molecule has 1 N–H and O–H groups in total. The van der Waals surface area contributed by atoms with Gasteiger partial charge in [0.2, 0.25) is 5.91 Å². The van der Waals surface area contributed by atoms with Crippen LogP contribution in [0.1, 0.15) is 48.9 Å². The lowest BCUT2D eigenvalue weighted by Gasteiger charge is -2.27. The first-order chi connectivity index (χ1) is 23.2. The number of aromatic amines is 1. The summed E-state index contributed by atoms with van der Waals surface area (Å²) >= 11 is 7.39. The fourth-order valence-corrected chi connectivity index (χ4v) is 6.34. The van der Waals surface area contributed by atoms with E-state index in [-0.39, 0.29) is 29.7 Å². The molecule has 1 atom stereocenters. The summed E-state index contributed by atoms with van der Waals surface area (Å²) in [6, 6.07) is 17.7. The number of likely N-dealkylation sites (N-methyl/N-ethyl adjacent to an activating group) is 1. The number of nitrogens with zero attached hydrogens (tertiary/aromatic N) is 6. The van der Waals surface area contributed by atoms with Crippen LogP contribution >= 0.6 is 23.4 Å². The number of hydrogen-bond acceptors (Lipinski definition) is 7. The van der Waals surface area contributed by atoms with E-state index in [1.807, 2.05) is 48.2 Å². The van der Waals surface area contributed by atoms with Gasteiger partial charge < -0.3 is 14.4 Å². The van der Waals surface area contributed by atoms with E-state index in [1.54, 1.807) is 41.5 Å². The van der Waals surface area contributed by atoms with Gasteiger partial charge in [0.05, 0.1) is 11.9 Å². The summed E-state index contributed by atoms with van der Waals surface area (Å²) < 4.78 is 15.3. The molecule has 0 aliphatic carbocycles. The highest BCUT2D eigenvalue weighted by Gasteiger charge is 2.21. The van der Waals surface area contributed by atoms with Crippen LogP contribution in [0.25, 0.3) is 11.3 Å². The molecule has 12 heteroatoms. The SMILES string of the molecule is CCN(CC)CCN(Cc1ccc(-c2ccc(Cl)cc2)nc1)C(=O)Cn1cc(C(C)c2cn[nH]c2)c(=O)nc1SCc1ccc(F)cc1. The predicted octanol–water partition coefficient (Wildman–Crippen LogP) is 6.64. The molecule has 0 spiro atoms. The summed E-state index contributed by atoms with van der Waals surface area (Å²) in [5.74, 6) is -0.263. The Hall–Kier alpha value is -4.32. The maximum absolute atomic E-state index is 14.2. The van der Waals surface area contributed by atoms with Crippen LogP contribution in [0.4, 0.5) is 4.39 Å². The van der Waals surface area contributed by atoms with E-state index < -0.39 is 0 Å². The molecule has 1 amide bonds. The van der Waals surface area contributed by atoms with Crippen LogP contribution in [0.2, 0.25) is 5.02 Å². The van der Waals surface area contributed by atoms with Crippen LogP contribution in [0.5, 0.6) is 0 Å². The van der Waals surface area contributed by atoms with Gasteiger partial charge in [-0.3, -0.25) is 19.7 Å². The van der Waals surface area contributed by atoms with Crippen molar-refractivity contribution in [3.63, 3.8) is 0 Å². The predicted molar refractivity (Wildman–Crippen MR) is 188 cm³/mol. The second-order valence-corrected chi connectivity index (χ2v) is 12.9. The van der Waals surface area contributed by atoms with Crippen molar-refractivity contribution in [2.75, 3.05) is 26.2 Å². The van der Waals surface area contributed by atoms with Crippen LogP contribution in [0.3, 0.4) is 0 Å². The molecule has 0 aliphatic heterocycles. The standard InChI is InChI=1S/C36H39ClFN7O2S/c1-4-43(5-2)16-17-44(21-27-8-15-33(39-18-27)28-9-11-30(37)12-10-28)34(46)23-45-22-32(25(3)29-19-40-41-20-29)35(47)42-36(45)48-24-26-6-13-31(38)14-7-26/h6-15,18-20,22,25H,4-5,16-17,21,23-24H2,1-3H3,(H,40,41). The summed E-state index contributed by atoms with van der Waals surface area (Å²) in [6.07, 6.45) is 6.97. The summed E-state index contributed by atoms with van der Waals surface area (Å²) in [5, 5.41) is 7.91. The summed E-state index contributed by atoms with van der Waals surface area (Å²) in [6.45, 7) is 9.46. The second-order valence-electron chi connectivity index (χ2n) is 11.5. The van der Waals surface area contributed by atoms with E-state index in [2.05, 4.69) is 38.9 Å². The van der Waals surface area contributed by atoms with Gasteiger partial charge in [0.25, 0.3) is 5.56 Å². The number of H-pyrrole nitrogens is 1. The van der Waals surface area contributed by atoms with Gasteiger partial charge in [-0.1, -0.05) is 74.5 Å². The molecule has 3 heterocycles. The third kappa shape index (κ3) is 9.18. The topological polar surface area (TPSA) is 100 Å². The third-order valence-electron chi connectivity index (χ3n) is 8.33. The minimum atomic E-state index is -0.362. The highest BCUT2D eigenvalue weighted by Crippen LogP contribution is 2.25. The third-order valence-corrected chi connectivity index (χ3v) is 9.64. The van der Waals surface area contributed by atoms with Gasteiger partial charge in [-0.15, -0.1) is 0 Å². The molecule has 0 aliphatic rings. The van der Waals surface area contributed by atoms with Crippen molar-refractivity contribution in [2.24, 2.45) is 0 Å². The Balaban J connectivity index is 1.42. The highest BCUT2D eigenvalue weighted by atomic mass is 35.5. The Kier molecular flexibility index (Phi) is 12.2. The molecule has 2 aromatic carbocycles. The van der Waals surface area contributed by atoms with E-state index in [4.69, 9.17) is 11.6 Å². The zero-order valence-corrected chi connectivity index (χ0v) is 28.8. The van der Waals surface area contributed by atoms with Gasteiger partial charge in [-0.25, -0.2) is 4.39 Å². The van der Waals surface area contributed by atoms with E-state index >= 15 is 0 Å². The van der Waals surface area contributed by atoms with Gasteiger partial charge in [0.15, 0.2) is 5.16 Å². The zero-order chi connectivity index (χ0) is 34.0. The first kappa shape index (κ1) is 35.0. The largest absolute Gasteiger partial charge is 0.335 e. The Morgan fingerprint density at radius 1 is 1.00 bits per heavy atom. The fraction of sp³-hybridized carbons (Fsp3) is 0.306. The normalized spacial score (nSPS) is 12.0. The molecule has 250 valence electrons. The van der Waals surface area contributed by atoms with Crippen molar-refractivity contribution in [2.45, 2.75) is 50.7 Å². The molecular formula is C36H39ClFN7O2S. The molecule has 0 saturated heterocycles. The maximum Gasteiger partial charge on any atom is 0.277 e. The van der Waals surface area contributed by atoms with Crippen LogP contribution in [-0.4, -0.2) is 66.6 Å². The van der Waals surface area contributed by atoms with E-state index in [9.17, 15) is 14.0 Å². The molecule has 0 fully saturated rings. The first-order valence-corrected chi connectivity index (χ1v) is 17.3. The Labute approximate surface area is 289 Å². The summed E-state index contributed by atoms with van der Waals surface area (Å²) in [5.41, 5.74) is 4.49. The van der Waals surface area contributed by atoms with Crippen molar-refractivity contribution in [1.29, 1.82) is 0 Å². The molecule has 1 unspecified atom stereocenters. The molecular weight excluding hydrogens is 649 g/mol. The van der Waals surface area contributed by atoms with Crippen LogP contribution in [0.15, 0.2) is 95.4 Å². The zero-order valence-electron chi connectivity index (χ0n) is 27.3. The van der Waals surface area contributed by atoms with Crippen LogP contribution in [-0.2, 0) is 23.6 Å². The number of carbonyl (C=O) groups is 1. The van der Waals surface area contributed by atoms with Crippen molar-refractivity contribution >= 4 is 29.3 Å². The van der Waals surface area contributed by atoms with Gasteiger partial charge >= 0.3 is 0 Å². The quantitative estimate of drug-likeness (QED) is 0.0974. The number of rotatable bonds is 15. The number of hydrogen-bond donors (Lipinski definition) is 1. The monoisotopic (exact) mass is 687 g/mol. The lowest BCUT2D eigenvalue weighted by atomic mass is 9.98. The molecule has 0 saturated carbocycles. The fourth-order valence-electron chi connectivity index (χ4n) is 5.29. The summed E-state index contributed by atoms with van der Waals surface area (Å²) in [7, 11) is 0. The number of nitrogens with one attached hydrogen (secondary N) is 1. The first-order valence-electron chi connectivity index (χ1n) is 15.9. The van der Waals surface area contributed by atoms with Gasteiger partial charge in [-0.05, 0) is 60.1 Å². The van der Waals surface area contributed by atoms with E-state index in [0.29, 0.717) is 41.1 Å². The lowest BCUT2D eigenvalue weighted by Crippen LogP contribution is -2.40. The van der Waals surface area contributed by atoms with Gasteiger partial charge in [-0.2, -0.15) is 10.1 Å². The minimum Gasteiger partial charge on any atom is -0.335 e. The number of thioether (sulfide) groups is 1. The highest BCUT2D eigenvalue weighted by molar-refractivity contribution is 7.98. The average molecular weight is 688 g/mol. The molecule has 5 aromatic rings. The number of aromatic nitrogens is 5. The van der Waals surface area contributed by atoms with Crippen molar-refractivity contribution in [3.8, 4) is 11.3 Å². The smallest absolute Gasteiger partial charge is 0.277 e. The number of carbonyl (C=O) groups excluding carboxylic acids is 1. The molecule has 9 nitrogen and oxygen atoms in total. The second kappa shape index (κ2) is 16.7. The van der Waals surface area contributed by atoms with Crippen molar-refractivity contribution in [3.05, 3.63) is 129 Å². The lowest BCUT2D eigenvalue weighted by molar-refractivity contribution is -0.132. The number of amides is 1. The summed E-state index contributed by atoms with van der Waals surface area (Å²) in [4.78, 5) is 40.7. The minimum absolute atomic E-state index is 0.0152. The van der Waals surface area contributed by atoms with E-state index in [1.165, 1.54) is 23.9 Å². The Morgan fingerprint density at radius 2 is 1.73 bits per heavy atom. The van der Waals surface area contributed by atoms with Crippen molar-refractivity contribution in [1.82, 2.24) is 34.5 Å². The van der Waals surface area contributed by atoms with Gasteiger partial charge in [0.1, 0.15) is 12.4 Å². The number of halogens is 2. The van der Waals surface area contributed by atoms with Crippen LogP contribution < -0.4 is 5.56 Å².